The zero-order valence-electron chi connectivity index (χ0n) is 13.9. The Morgan fingerprint density at radius 1 is 1.26 bits per heavy atom. The Morgan fingerprint density at radius 3 is 2.70 bits per heavy atom. The van der Waals surface area contributed by atoms with Gasteiger partial charge in [-0.15, -0.1) is 0 Å². The van der Waals surface area contributed by atoms with Crippen molar-refractivity contribution in [2.45, 2.75) is 13.0 Å². The number of hydrogen-bond donors (Lipinski definition) is 1. The molecule has 1 atom stereocenters. The van der Waals surface area contributed by atoms with E-state index in [9.17, 15) is 0 Å². The number of likely N-dealkylation sites (N-methyl/N-ethyl adjacent to an activating group) is 1. The van der Waals surface area contributed by atoms with Gasteiger partial charge in [-0.1, -0.05) is 5.16 Å². The van der Waals surface area contributed by atoms with Gasteiger partial charge in [-0.05, 0) is 31.7 Å². The number of nitrogens with zero attached hydrogens (tertiary/aromatic N) is 3. The molecule has 1 saturated heterocycles. The lowest BCUT2D eigenvalue weighted by molar-refractivity contribution is 0.190. The average molecular weight is 318 g/mol. The first-order valence-corrected chi connectivity index (χ1v) is 7.61. The van der Waals surface area contributed by atoms with E-state index in [-0.39, 0.29) is 6.04 Å². The zero-order chi connectivity index (χ0) is 16.4. The van der Waals surface area contributed by atoms with Crippen LogP contribution in [0, 0.1) is 6.92 Å². The van der Waals surface area contributed by atoms with E-state index in [2.05, 4.69) is 27.4 Å². The molecule has 2 heterocycles. The summed E-state index contributed by atoms with van der Waals surface area (Å²) in [4.78, 5) is 6.82. The maximum atomic E-state index is 5.49. The van der Waals surface area contributed by atoms with Gasteiger partial charge in [0.2, 0.25) is 0 Å². The van der Waals surface area contributed by atoms with Gasteiger partial charge in [-0.25, -0.2) is 0 Å². The zero-order valence-corrected chi connectivity index (χ0v) is 13.9. The van der Waals surface area contributed by atoms with Crippen LogP contribution in [0.25, 0.3) is 11.5 Å². The first-order chi connectivity index (χ1) is 11.1. The lowest BCUT2D eigenvalue weighted by Gasteiger charge is -2.30. The van der Waals surface area contributed by atoms with Crippen molar-refractivity contribution in [1.82, 2.24) is 20.4 Å². The van der Waals surface area contributed by atoms with Crippen LogP contribution >= 0.6 is 0 Å². The lowest BCUT2D eigenvalue weighted by atomic mass is 10.1. The number of aryl methyl sites for hydroxylation is 1. The Hall–Kier alpha value is -2.12. The number of methoxy groups -OCH3 is 2. The van der Waals surface area contributed by atoms with Gasteiger partial charge >= 0.3 is 0 Å². The van der Waals surface area contributed by atoms with Crippen molar-refractivity contribution in [2.75, 3.05) is 40.9 Å². The summed E-state index contributed by atoms with van der Waals surface area (Å²) in [6.07, 6.45) is 0. The van der Waals surface area contributed by atoms with E-state index in [1.54, 1.807) is 14.2 Å². The van der Waals surface area contributed by atoms with Crippen LogP contribution in [0.1, 0.15) is 17.4 Å². The molecule has 124 valence electrons. The smallest absolute Gasteiger partial charge is 0.258 e. The van der Waals surface area contributed by atoms with Gasteiger partial charge in [0, 0.05) is 25.2 Å². The second-order valence-electron chi connectivity index (χ2n) is 5.68. The van der Waals surface area contributed by atoms with E-state index < -0.39 is 0 Å². The second kappa shape index (κ2) is 6.55. The van der Waals surface area contributed by atoms with Crippen molar-refractivity contribution in [3.63, 3.8) is 0 Å². The van der Waals surface area contributed by atoms with Crippen LogP contribution < -0.4 is 14.8 Å². The summed E-state index contributed by atoms with van der Waals surface area (Å²) >= 11 is 0. The molecule has 7 nitrogen and oxygen atoms in total. The molecule has 0 aliphatic carbocycles. The maximum Gasteiger partial charge on any atom is 0.258 e. The van der Waals surface area contributed by atoms with Crippen molar-refractivity contribution in [3.05, 3.63) is 23.5 Å². The molecule has 0 spiro atoms. The van der Waals surface area contributed by atoms with Gasteiger partial charge in [-0.3, -0.25) is 4.90 Å². The average Bonchev–Trinajstić information content (AvgIpc) is 3.04. The topological polar surface area (TPSA) is 72.7 Å². The summed E-state index contributed by atoms with van der Waals surface area (Å²) in [7, 11) is 5.30. The Labute approximate surface area is 135 Å². The molecule has 2 aromatic rings. The van der Waals surface area contributed by atoms with Gasteiger partial charge in [0.15, 0.2) is 17.3 Å². The van der Waals surface area contributed by atoms with Crippen LogP contribution in [0.15, 0.2) is 16.7 Å². The molecule has 1 aliphatic rings. The molecule has 7 heteroatoms. The maximum absolute atomic E-state index is 5.49. The number of aromatic nitrogens is 2. The number of benzene rings is 1. The highest BCUT2D eigenvalue weighted by Gasteiger charge is 2.26. The normalized spacial score (nSPS) is 18.9. The number of rotatable bonds is 4. The summed E-state index contributed by atoms with van der Waals surface area (Å²) < 4.78 is 16.2. The first kappa shape index (κ1) is 15.8. The number of ether oxygens (including phenoxy) is 2. The molecule has 0 amide bonds. The summed E-state index contributed by atoms with van der Waals surface area (Å²) in [5, 5.41) is 7.52. The fraction of sp³-hybridized carbons (Fsp3) is 0.500. The van der Waals surface area contributed by atoms with Crippen molar-refractivity contribution in [3.8, 4) is 23.0 Å². The van der Waals surface area contributed by atoms with Gasteiger partial charge in [0.05, 0.1) is 20.3 Å². The minimum Gasteiger partial charge on any atom is -0.493 e. The van der Waals surface area contributed by atoms with Crippen LogP contribution in [-0.2, 0) is 0 Å². The molecular formula is C16H22N4O3. The van der Waals surface area contributed by atoms with Gasteiger partial charge in [0.25, 0.3) is 5.89 Å². The SMILES string of the molecule is COc1cc(C)c(-c2nc(C3CNCCN3C)no2)cc1OC. The van der Waals surface area contributed by atoms with E-state index in [4.69, 9.17) is 14.0 Å². The fourth-order valence-electron chi connectivity index (χ4n) is 2.78. The molecule has 0 saturated carbocycles. The number of piperazine rings is 1. The van der Waals surface area contributed by atoms with Crippen LogP contribution in [-0.4, -0.2) is 55.9 Å². The van der Waals surface area contributed by atoms with Crippen molar-refractivity contribution in [1.29, 1.82) is 0 Å². The third-order valence-corrected chi connectivity index (χ3v) is 4.21. The van der Waals surface area contributed by atoms with E-state index in [0.717, 1.165) is 30.8 Å². The minimum absolute atomic E-state index is 0.127. The van der Waals surface area contributed by atoms with Crippen molar-refractivity contribution in [2.24, 2.45) is 0 Å². The predicted octanol–water partition coefficient (Wildman–Crippen LogP) is 1.64. The van der Waals surface area contributed by atoms with E-state index in [1.165, 1.54) is 0 Å². The Morgan fingerprint density at radius 2 is 2.00 bits per heavy atom. The van der Waals surface area contributed by atoms with Crippen LogP contribution in [0.3, 0.4) is 0 Å². The molecule has 0 bridgehead atoms. The van der Waals surface area contributed by atoms with Crippen LogP contribution in [0.4, 0.5) is 0 Å². The molecular weight excluding hydrogens is 296 g/mol. The van der Waals surface area contributed by atoms with Crippen LogP contribution in [0.2, 0.25) is 0 Å². The van der Waals surface area contributed by atoms with Gasteiger partial charge in [0.1, 0.15) is 0 Å². The third-order valence-electron chi connectivity index (χ3n) is 4.21. The molecule has 0 radical (unpaired) electrons. The number of hydrogen-bond acceptors (Lipinski definition) is 7. The minimum atomic E-state index is 0.127. The first-order valence-electron chi connectivity index (χ1n) is 7.61. The van der Waals surface area contributed by atoms with Gasteiger partial charge in [-0.2, -0.15) is 4.98 Å². The van der Waals surface area contributed by atoms with Gasteiger partial charge < -0.3 is 19.3 Å². The quantitative estimate of drug-likeness (QED) is 0.918. The summed E-state index contributed by atoms with van der Waals surface area (Å²) in [6, 6.07) is 3.90. The summed E-state index contributed by atoms with van der Waals surface area (Å²) in [5.41, 5.74) is 1.85. The highest BCUT2D eigenvalue weighted by molar-refractivity contribution is 5.64. The van der Waals surface area contributed by atoms with E-state index in [1.807, 2.05) is 19.1 Å². The Kier molecular flexibility index (Phi) is 4.49. The highest BCUT2D eigenvalue weighted by atomic mass is 16.5. The van der Waals surface area contributed by atoms with E-state index in [0.29, 0.717) is 23.2 Å². The standard InChI is InChI=1S/C16H22N4O3/c1-10-7-13(21-3)14(22-4)8-11(10)16-18-15(19-23-16)12-9-17-5-6-20(12)2/h7-8,12,17H,5-6,9H2,1-4H3. The predicted molar refractivity (Wildman–Crippen MR) is 85.8 cm³/mol. The molecule has 1 fully saturated rings. The second-order valence-corrected chi connectivity index (χ2v) is 5.68. The molecule has 1 aromatic heterocycles. The van der Waals surface area contributed by atoms with Crippen LogP contribution in [0.5, 0.6) is 11.5 Å². The highest BCUT2D eigenvalue weighted by Crippen LogP contribution is 2.35. The monoisotopic (exact) mass is 318 g/mol. The summed E-state index contributed by atoms with van der Waals surface area (Å²) in [5.74, 6) is 2.52. The Bertz CT molecular complexity index is 686. The third kappa shape index (κ3) is 3.02. The fourth-order valence-corrected chi connectivity index (χ4v) is 2.78. The van der Waals surface area contributed by atoms with E-state index >= 15 is 0 Å². The van der Waals surface area contributed by atoms with Crippen molar-refractivity contribution < 1.29 is 14.0 Å². The molecule has 23 heavy (non-hydrogen) atoms. The molecule has 1 unspecified atom stereocenters. The van der Waals surface area contributed by atoms with Crippen molar-refractivity contribution >= 4 is 0 Å². The lowest BCUT2D eigenvalue weighted by Crippen LogP contribution is -2.44. The Balaban J connectivity index is 1.94. The molecule has 1 N–H and O–H groups in total. The molecule has 3 rings (SSSR count). The largest absolute Gasteiger partial charge is 0.493 e. The summed E-state index contributed by atoms with van der Waals surface area (Å²) in [6.45, 7) is 4.74. The molecule has 1 aromatic carbocycles. The molecule has 1 aliphatic heterocycles. The number of nitrogens with one attached hydrogen (secondary N) is 1.